The molecule has 0 radical (unpaired) electrons. The van der Waals surface area contributed by atoms with Crippen molar-refractivity contribution < 1.29 is 4.79 Å². The molecule has 5 nitrogen and oxygen atoms in total. The quantitative estimate of drug-likeness (QED) is 0.794. The number of pyridine rings is 1. The number of nitrogens with zero attached hydrogens (tertiary/aromatic N) is 2. The summed E-state index contributed by atoms with van der Waals surface area (Å²) in [6.07, 6.45) is 2.92. The summed E-state index contributed by atoms with van der Waals surface area (Å²) in [6.45, 7) is 9.49. The molecule has 0 aliphatic carbocycles. The zero-order valence-electron chi connectivity index (χ0n) is 16.5. The van der Waals surface area contributed by atoms with Gasteiger partial charge in [-0.15, -0.1) is 11.3 Å². The van der Waals surface area contributed by atoms with Gasteiger partial charge in [0.1, 0.15) is 5.56 Å². The van der Waals surface area contributed by atoms with Gasteiger partial charge in [0, 0.05) is 34.9 Å². The van der Waals surface area contributed by atoms with Gasteiger partial charge in [-0.05, 0) is 50.7 Å². The summed E-state index contributed by atoms with van der Waals surface area (Å²) in [7, 11) is 0. The molecule has 1 amide bonds. The molecular formula is C21H29N3O2S. The van der Waals surface area contributed by atoms with E-state index >= 15 is 0 Å². The highest BCUT2D eigenvalue weighted by molar-refractivity contribution is 7.09. The van der Waals surface area contributed by atoms with Crippen LogP contribution >= 0.6 is 11.3 Å². The molecule has 0 spiro atoms. The number of hydrogen-bond acceptors (Lipinski definition) is 4. The highest BCUT2D eigenvalue weighted by Crippen LogP contribution is 2.18. The van der Waals surface area contributed by atoms with Crippen molar-refractivity contribution in [3.63, 3.8) is 0 Å². The van der Waals surface area contributed by atoms with Crippen LogP contribution in [-0.2, 0) is 13.0 Å². The van der Waals surface area contributed by atoms with Crippen molar-refractivity contribution in [2.75, 3.05) is 19.6 Å². The number of amides is 1. The van der Waals surface area contributed by atoms with Crippen LogP contribution in [0.25, 0.3) is 0 Å². The summed E-state index contributed by atoms with van der Waals surface area (Å²) in [5.41, 5.74) is 1.85. The van der Waals surface area contributed by atoms with Crippen molar-refractivity contribution in [2.24, 2.45) is 0 Å². The minimum atomic E-state index is -0.236. The van der Waals surface area contributed by atoms with Crippen LogP contribution in [0.1, 0.15) is 53.3 Å². The Morgan fingerprint density at radius 1 is 1.37 bits per heavy atom. The molecule has 0 saturated carbocycles. The Morgan fingerprint density at radius 2 is 2.19 bits per heavy atom. The van der Waals surface area contributed by atoms with Gasteiger partial charge in [-0.25, -0.2) is 0 Å². The number of nitrogens with one attached hydrogen (secondary N) is 1. The molecule has 3 rings (SSSR count). The fourth-order valence-corrected chi connectivity index (χ4v) is 4.75. The Kier molecular flexibility index (Phi) is 6.50. The van der Waals surface area contributed by atoms with Gasteiger partial charge in [0.15, 0.2) is 5.43 Å². The van der Waals surface area contributed by atoms with E-state index in [1.165, 1.54) is 11.3 Å². The monoisotopic (exact) mass is 387 g/mol. The highest BCUT2D eigenvalue weighted by atomic mass is 32.1. The fraction of sp³-hybridized carbons (Fsp3) is 0.524. The standard InChI is InChI=1S/C21H29N3O2S/c1-4-18-20(21(26)22-13-16-8-6-10-23(16)5-2)19(25)12-15(3)24(18)14-17-9-7-11-27-17/h7,9,11-12,16H,4-6,8,10,13-14H2,1-3H3,(H,22,26)/t16-/m0/s1. The topological polar surface area (TPSA) is 54.3 Å². The zero-order valence-corrected chi connectivity index (χ0v) is 17.3. The van der Waals surface area contributed by atoms with E-state index < -0.39 is 0 Å². The van der Waals surface area contributed by atoms with E-state index in [4.69, 9.17) is 0 Å². The first-order valence-corrected chi connectivity index (χ1v) is 10.7. The number of hydrogen-bond donors (Lipinski definition) is 1. The summed E-state index contributed by atoms with van der Waals surface area (Å²) in [4.78, 5) is 29.2. The highest BCUT2D eigenvalue weighted by Gasteiger charge is 2.25. The van der Waals surface area contributed by atoms with Gasteiger partial charge in [0.2, 0.25) is 0 Å². The van der Waals surface area contributed by atoms with Crippen molar-refractivity contribution in [1.82, 2.24) is 14.8 Å². The van der Waals surface area contributed by atoms with Crippen LogP contribution in [0.15, 0.2) is 28.4 Å². The number of aromatic nitrogens is 1. The van der Waals surface area contributed by atoms with Crippen LogP contribution in [0.5, 0.6) is 0 Å². The molecule has 1 aliphatic rings. The number of likely N-dealkylation sites (tertiary alicyclic amines) is 1. The van der Waals surface area contributed by atoms with Gasteiger partial charge in [-0.2, -0.15) is 0 Å². The van der Waals surface area contributed by atoms with Gasteiger partial charge in [0.25, 0.3) is 5.91 Å². The van der Waals surface area contributed by atoms with E-state index in [9.17, 15) is 9.59 Å². The smallest absolute Gasteiger partial charge is 0.257 e. The van der Waals surface area contributed by atoms with Gasteiger partial charge >= 0.3 is 0 Å². The van der Waals surface area contributed by atoms with Crippen LogP contribution in [0.2, 0.25) is 0 Å². The molecule has 6 heteroatoms. The molecule has 1 atom stereocenters. The molecule has 1 aliphatic heterocycles. The predicted octanol–water partition coefficient (Wildman–Crippen LogP) is 3.04. The van der Waals surface area contributed by atoms with E-state index in [0.717, 1.165) is 30.9 Å². The molecule has 1 saturated heterocycles. The maximum Gasteiger partial charge on any atom is 0.257 e. The van der Waals surface area contributed by atoms with Crippen molar-refractivity contribution in [3.05, 3.63) is 55.6 Å². The first-order valence-electron chi connectivity index (χ1n) is 9.83. The third kappa shape index (κ3) is 4.33. The molecule has 0 bridgehead atoms. The van der Waals surface area contributed by atoms with Gasteiger partial charge in [0.05, 0.1) is 6.54 Å². The van der Waals surface area contributed by atoms with Crippen LogP contribution in [-0.4, -0.2) is 41.1 Å². The normalized spacial score (nSPS) is 17.4. The number of aryl methyl sites for hydroxylation is 1. The average molecular weight is 388 g/mol. The second-order valence-corrected chi connectivity index (χ2v) is 8.16. The van der Waals surface area contributed by atoms with E-state index in [0.29, 0.717) is 31.1 Å². The van der Waals surface area contributed by atoms with Crippen LogP contribution in [0, 0.1) is 6.92 Å². The van der Waals surface area contributed by atoms with E-state index in [1.54, 1.807) is 17.4 Å². The van der Waals surface area contributed by atoms with Crippen LogP contribution < -0.4 is 10.7 Å². The van der Waals surface area contributed by atoms with E-state index in [1.807, 2.05) is 25.3 Å². The number of likely N-dealkylation sites (N-methyl/N-ethyl adjacent to an activating group) is 1. The fourth-order valence-electron chi connectivity index (χ4n) is 4.06. The maximum atomic E-state index is 12.9. The number of carbonyl (C=O) groups excluding carboxylic acids is 1. The summed E-state index contributed by atoms with van der Waals surface area (Å²) < 4.78 is 2.11. The summed E-state index contributed by atoms with van der Waals surface area (Å²) >= 11 is 1.69. The number of carbonyl (C=O) groups is 1. The Morgan fingerprint density at radius 3 is 2.85 bits per heavy atom. The first-order chi connectivity index (χ1) is 13.0. The molecule has 1 N–H and O–H groups in total. The molecular weight excluding hydrogens is 358 g/mol. The SMILES string of the molecule is CCc1c(C(=O)NC[C@@H]2CCCN2CC)c(=O)cc(C)n1Cc1cccs1. The van der Waals surface area contributed by atoms with Crippen LogP contribution in [0.3, 0.4) is 0 Å². The van der Waals surface area contributed by atoms with Crippen molar-refractivity contribution in [1.29, 1.82) is 0 Å². The van der Waals surface area contributed by atoms with E-state index in [2.05, 4.69) is 27.8 Å². The zero-order chi connectivity index (χ0) is 19.4. The Hall–Kier alpha value is -1.92. The maximum absolute atomic E-state index is 12.9. The molecule has 2 aromatic rings. The summed E-state index contributed by atoms with van der Waals surface area (Å²) in [5.74, 6) is -0.236. The molecule has 0 unspecified atom stereocenters. The lowest BCUT2D eigenvalue weighted by Crippen LogP contribution is -2.41. The summed E-state index contributed by atoms with van der Waals surface area (Å²) in [6, 6.07) is 6.08. The molecule has 3 heterocycles. The average Bonchev–Trinajstić information content (AvgIpc) is 3.32. The van der Waals surface area contributed by atoms with Gasteiger partial charge < -0.3 is 9.88 Å². The second-order valence-electron chi connectivity index (χ2n) is 7.13. The predicted molar refractivity (Wildman–Crippen MR) is 111 cm³/mol. The van der Waals surface area contributed by atoms with Crippen molar-refractivity contribution in [2.45, 2.75) is 52.6 Å². The molecule has 146 valence electrons. The number of rotatable bonds is 7. The Bertz CT molecular complexity index is 842. The first kappa shape index (κ1) is 19.8. The lowest BCUT2D eigenvalue weighted by molar-refractivity contribution is 0.0938. The third-order valence-electron chi connectivity index (χ3n) is 5.49. The third-order valence-corrected chi connectivity index (χ3v) is 6.35. The lowest BCUT2D eigenvalue weighted by atomic mass is 10.1. The molecule has 0 aromatic carbocycles. The largest absolute Gasteiger partial charge is 0.350 e. The Labute approximate surface area is 165 Å². The van der Waals surface area contributed by atoms with Gasteiger partial charge in [-0.3, -0.25) is 14.5 Å². The minimum absolute atomic E-state index is 0.178. The lowest BCUT2D eigenvalue weighted by Gasteiger charge is -2.23. The molecule has 2 aromatic heterocycles. The minimum Gasteiger partial charge on any atom is -0.350 e. The number of thiophene rings is 1. The molecule has 27 heavy (non-hydrogen) atoms. The van der Waals surface area contributed by atoms with Gasteiger partial charge in [-0.1, -0.05) is 19.9 Å². The summed E-state index contributed by atoms with van der Waals surface area (Å²) in [5, 5.41) is 5.08. The van der Waals surface area contributed by atoms with Crippen LogP contribution in [0.4, 0.5) is 0 Å². The molecule has 1 fully saturated rings. The van der Waals surface area contributed by atoms with Crippen molar-refractivity contribution >= 4 is 17.2 Å². The Balaban J connectivity index is 1.85. The second kappa shape index (κ2) is 8.85. The van der Waals surface area contributed by atoms with E-state index in [-0.39, 0.29) is 11.3 Å². The van der Waals surface area contributed by atoms with Crippen molar-refractivity contribution in [3.8, 4) is 0 Å².